The van der Waals surface area contributed by atoms with Gasteiger partial charge in [-0.2, -0.15) is 0 Å². The van der Waals surface area contributed by atoms with E-state index in [1.54, 1.807) is 6.92 Å². The summed E-state index contributed by atoms with van der Waals surface area (Å²) in [6.45, 7) is 8.73. The number of likely N-dealkylation sites (tertiary alicyclic amines) is 1. The first kappa shape index (κ1) is 16.4. The fourth-order valence-electron chi connectivity index (χ4n) is 2.63. The molecule has 1 heterocycles. The molecule has 3 unspecified atom stereocenters. The Bertz CT molecular complexity index is 294. The summed E-state index contributed by atoms with van der Waals surface area (Å²) in [5, 5.41) is 0. The Morgan fingerprint density at radius 3 is 2.84 bits per heavy atom. The van der Waals surface area contributed by atoms with Gasteiger partial charge in [-0.15, -0.1) is 0 Å². The van der Waals surface area contributed by atoms with Gasteiger partial charge in [0.05, 0.1) is 11.6 Å². The van der Waals surface area contributed by atoms with Crippen LogP contribution in [0.5, 0.6) is 0 Å². The number of nitrogens with two attached hydrogens (primary N) is 2. The zero-order valence-electron chi connectivity index (χ0n) is 12.5. The van der Waals surface area contributed by atoms with Crippen LogP contribution in [0.25, 0.3) is 0 Å². The van der Waals surface area contributed by atoms with Crippen molar-refractivity contribution in [2.75, 3.05) is 19.7 Å². The quantitative estimate of drug-likeness (QED) is 0.719. The largest absolute Gasteiger partial charge is 0.377 e. The molecule has 1 saturated heterocycles. The normalized spacial score (nSPS) is 25.8. The fraction of sp³-hybridized carbons (Fsp3) is 0.929. The van der Waals surface area contributed by atoms with E-state index in [4.69, 9.17) is 16.2 Å². The molecule has 0 aromatic rings. The molecule has 0 aliphatic carbocycles. The van der Waals surface area contributed by atoms with Crippen molar-refractivity contribution >= 4 is 5.91 Å². The maximum Gasteiger partial charge on any atom is 0.237 e. The molecular formula is C14H29N3O2. The molecule has 1 aliphatic rings. The van der Waals surface area contributed by atoms with Crippen LogP contribution in [0.15, 0.2) is 0 Å². The molecule has 112 valence electrons. The SMILES string of the molecule is CCCOC1CCCN(C(C)CC(C)(N)C(N)=O)C1. The van der Waals surface area contributed by atoms with Crippen molar-refractivity contribution in [1.82, 2.24) is 4.90 Å². The van der Waals surface area contributed by atoms with Crippen LogP contribution in [0, 0.1) is 0 Å². The monoisotopic (exact) mass is 271 g/mol. The van der Waals surface area contributed by atoms with E-state index in [1.165, 1.54) is 0 Å². The van der Waals surface area contributed by atoms with Crippen molar-refractivity contribution in [3.8, 4) is 0 Å². The van der Waals surface area contributed by atoms with Crippen molar-refractivity contribution in [2.45, 2.75) is 64.1 Å². The maximum absolute atomic E-state index is 11.3. The van der Waals surface area contributed by atoms with E-state index in [0.717, 1.165) is 39.0 Å². The molecule has 0 aromatic carbocycles. The summed E-state index contributed by atoms with van der Waals surface area (Å²) >= 11 is 0. The summed E-state index contributed by atoms with van der Waals surface area (Å²) in [5.41, 5.74) is 10.3. The van der Waals surface area contributed by atoms with Gasteiger partial charge in [-0.25, -0.2) is 0 Å². The zero-order valence-corrected chi connectivity index (χ0v) is 12.5. The molecule has 0 saturated carbocycles. The third-order valence-electron chi connectivity index (χ3n) is 3.87. The van der Waals surface area contributed by atoms with Crippen LogP contribution in [0.1, 0.15) is 46.5 Å². The second-order valence-corrected chi connectivity index (χ2v) is 5.96. The third kappa shape index (κ3) is 5.09. The van der Waals surface area contributed by atoms with Crippen LogP contribution in [0.4, 0.5) is 0 Å². The molecule has 0 spiro atoms. The van der Waals surface area contributed by atoms with Crippen LogP contribution in [-0.2, 0) is 9.53 Å². The minimum absolute atomic E-state index is 0.246. The lowest BCUT2D eigenvalue weighted by Gasteiger charge is -2.38. The lowest BCUT2D eigenvalue weighted by Crippen LogP contribution is -2.54. The van der Waals surface area contributed by atoms with E-state index < -0.39 is 11.4 Å². The number of primary amides is 1. The third-order valence-corrected chi connectivity index (χ3v) is 3.87. The highest BCUT2D eigenvalue weighted by atomic mass is 16.5. The van der Waals surface area contributed by atoms with Gasteiger partial charge in [-0.05, 0) is 46.1 Å². The number of carbonyl (C=O) groups excluding carboxylic acids is 1. The highest BCUT2D eigenvalue weighted by Gasteiger charge is 2.32. The molecule has 19 heavy (non-hydrogen) atoms. The minimum atomic E-state index is -0.934. The number of ether oxygens (including phenoxy) is 1. The van der Waals surface area contributed by atoms with Crippen LogP contribution in [0.3, 0.4) is 0 Å². The molecular weight excluding hydrogens is 242 g/mol. The molecule has 1 amide bonds. The van der Waals surface area contributed by atoms with E-state index in [2.05, 4.69) is 18.7 Å². The molecule has 1 rings (SSSR count). The molecule has 1 fully saturated rings. The van der Waals surface area contributed by atoms with Crippen LogP contribution in [0.2, 0.25) is 0 Å². The number of hydrogen-bond donors (Lipinski definition) is 2. The number of carbonyl (C=O) groups is 1. The molecule has 5 heteroatoms. The van der Waals surface area contributed by atoms with Gasteiger partial charge in [0.15, 0.2) is 0 Å². The Balaban J connectivity index is 2.47. The second kappa shape index (κ2) is 7.22. The average Bonchev–Trinajstić information content (AvgIpc) is 2.36. The average molecular weight is 271 g/mol. The first-order valence-electron chi connectivity index (χ1n) is 7.31. The second-order valence-electron chi connectivity index (χ2n) is 5.96. The number of amides is 1. The smallest absolute Gasteiger partial charge is 0.237 e. The predicted octanol–water partition coefficient (Wildman–Crippen LogP) is 0.859. The summed E-state index contributed by atoms with van der Waals surface area (Å²) in [7, 11) is 0. The van der Waals surface area contributed by atoms with Crippen LogP contribution in [-0.4, -0.2) is 48.2 Å². The zero-order chi connectivity index (χ0) is 14.5. The van der Waals surface area contributed by atoms with E-state index in [-0.39, 0.29) is 6.04 Å². The van der Waals surface area contributed by atoms with Gasteiger partial charge in [0.2, 0.25) is 5.91 Å². The van der Waals surface area contributed by atoms with Gasteiger partial charge < -0.3 is 16.2 Å². The van der Waals surface area contributed by atoms with Gasteiger partial charge >= 0.3 is 0 Å². The highest BCUT2D eigenvalue weighted by molar-refractivity contribution is 5.83. The van der Waals surface area contributed by atoms with Crippen molar-refractivity contribution in [3.05, 3.63) is 0 Å². The van der Waals surface area contributed by atoms with E-state index in [1.807, 2.05) is 0 Å². The number of rotatable bonds is 7. The van der Waals surface area contributed by atoms with E-state index >= 15 is 0 Å². The van der Waals surface area contributed by atoms with Gasteiger partial charge in [-0.1, -0.05) is 6.92 Å². The molecule has 5 nitrogen and oxygen atoms in total. The Hall–Kier alpha value is -0.650. The van der Waals surface area contributed by atoms with Gasteiger partial charge in [0, 0.05) is 19.2 Å². The predicted molar refractivity (Wildman–Crippen MR) is 76.7 cm³/mol. The highest BCUT2D eigenvalue weighted by Crippen LogP contribution is 2.20. The topological polar surface area (TPSA) is 81.6 Å². The minimum Gasteiger partial charge on any atom is -0.377 e. The molecule has 0 bridgehead atoms. The van der Waals surface area contributed by atoms with E-state index in [9.17, 15) is 4.79 Å². The van der Waals surface area contributed by atoms with Gasteiger partial charge in [-0.3, -0.25) is 9.69 Å². The number of hydrogen-bond acceptors (Lipinski definition) is 4. The van der Waals surface area contributed by atoms with Crippen molar-refractivity contribution < 1.29 is 9.53 Å². The van der Waals surface area contributed by atoms with E-state index in [0.29, 0.717) is 12.5 Å². The summed E-state index contributed by atoms with van der Waals surface area (Å²) in [6, 6.07) is 0.246. The summed E-state index contributed by atoms with van der Waals surface area (Å²) in [6.07, 6.45) is 4.21. The number of nitrogens with zero attached hydrogens (tertiary/aromatic N) is 1. The molecule has 0 aromatic heterocycles. The molecule has 1 aliphatic heterocycles. The molecule has 0 radical (unpaired) electrons. The number of piperidine rings is 1. The van der Waals surface area contributed by atoms with Gasteiger partial charge in [0.25, 0.3) is 0 Å². The van der Waals surface area contributed by atoms with Crippen molar-refractivity contribution in [2.24, 2.45) is 11.5 Å². The Labute approximate surface area is 116 Å². The molecule has 4 N–H and O–H groups in total. The van der Waals surface area contributed by atoms with Crippen LogP contribution >= 0.6 is 0 Å². The lowest BCUT2D eigenvalue weighted by atomic mass is 9.92. The van der Waals surface area contributed by atoms with Crippen molar-refractivity contribution in [1.29, 1.82) is 0 Å². The molecule has 3 atom stereocenters. The van der Waals surface area contributed by atoms with Crippen LogP contribution < -0.4 is 11.5 Å². The summed E-state index contributed by atoms with van der Waals surface area (Å²) in [5.74, 6) is -0.435. The summed E-state index contributed by atoms with van der Waals surface area (Å²) < 4.78 is 5.83. The lowest BCUT2D eigenvalue weighted by molar-refractivity contribution is -0.123. The fourth-order valence-corrected chi connectivity index (χ4v) is 2.63. The Morgan fingerprint density at radius 2 is 2.26 bits per heavy atom. The van der Waals surface area contributed by atoms with Crippen molar-refractivity contribution in [3.63, 3.8) is 0 Å². The standard InChI is InChI=1S/C14H29N3O2/c1-4-8-19-12-6-5-7-17(10-12)11(2)9-14(3,16)13(15)18/h11-12H,4-10,16H2,1-3H3,(H2,15,18). The summed E-state index contributed by atoms with van der Waals surface area (Å²) in [4.78, 5) is 13.7. The Morgan fingerprint density at radius 1 is 1.58 bits per heavy atom. The van der Waals surface area contributed by atoms with Gasteiger partial charge in [0.1, 0.15) is 0 Å². The Kier molecular flexibility index (Phi) is 6.23. The first-order chi connectivity index (χ1) is 8.86. The first-order valence-corrected chi connectivity index (χ1v) is 7.31. The maximum atomic E-state index is 11.3.